The van der Waals surface area contributed by atoms with Crippen molar-refractivity contribution in [2.75, 3.05) is 55.1 Å². The highest BCUT2D eigenvalue weighted by Gasteiger charge is 2.38. The van der Waals surface area contributed by atoms with Gasteiger partial charge in [0, 0.05) is 38.0 Å². The topological polar surface area (TPSA) is 163 Å². The first-order chi connectivity index (χ1) is 24.0. The molecular weight excluding hydrogens is 659 g/mol. The fourth-order valence-electron chi connectivity index (χ4n) is 6.09. The number of carboxylic acids is 1. The lowest BCUT2D eigenvalue weighted by molar-refractivity contribution is -0.138. The van der Waals surface area contributed by atoms with E-state index in [-0.39, 0.29) is 42.6 Å². The number of fused-ring (bicyclic) bond motifs is 1. The summed E-state index contributed by atoms with van der Waals surface area (Å²) in [5.74, 6) is -0.398. The summed E-state index contributed by atoms with van der Waals surface area (Å²) in [4.78, 5) is 41.8. The van der Waals surface area contributed by atoms with E-state index in [1.165, 1.54) is 13.2 Å². The zero-order valence-corrected chi connectivity index (χ0v) is 27.7. The number of aliphatic carboxylic acids is 1. The van der Waals surface area contributed by atoms with E-state index in [4.69, 9.17) is 24.3 Å². The van der Waals surface area contributed by atoms with Gasteiger partial charge in [0.1, 0.15) is 0 Å². The number of halogens is 3. The number of nitrogens with zero attached hydrogens (tertiary/aromatic N) is 6. The lowest BCUT2D eigenvalue weighted by Crippen LogP contribution is -2.46. The molecule has 3 aromatic rings. The van der Waals surface area contributed by atoms with Crippen molar-refractivity contribution in [3.05, 3.63) is 64.6 Å². The van der Waals surface area contributed by atoms with Gasteiger partial charge in [-0.05, 0) is 55.5 Å². The van der Waals surface area contributed by atoms with Gasteiger partial charge in [-0.1, -0.05) is 6.92 Å². The number of hydrogen-bond acceptors (Lipinski definition) is 11. The van der Waals surface area contributed by atoms with Crippen molar-refractivity contribution < 1.29 is 42.1 Å². The number of carbonyl (C=O) groups excluding carboxylic acids is 1. The van der Waals surface area contributed by atoms with Crippen molar-refractivity contribution >= 4 is 29.4 Å². The van der Waals surface area contributed by atoms with Gasteiger partial charge in [0.05, 0.1) is 79.1 Å². The number of aromatic nitrogens is 3. The molecule has 0 aliphatic carbocycles. The van der Waals surface area contributed by atoms with Gasteiger partial charge in [-0.2, -0.15) is 18.4 Å². The minimum atomic E-state index is -4.63. The average molecular weight is 698 g/mol. The normalized spacial score (nSPS) is 17.4. The standard InChI is InChI=1S/C34H38F3N7O6/c1-3-24-18-26(31-27(7-8-29(42-31)48-2)44(24)33(47)50-11-5-4-6-30(45)46)41-32-39-20-28(43-9-12-49-13-10-43)25(40-32)17-21-14-22(19-38)16-23(15-21)34(35,36)37/h7-8,14-16,20,24,26H,3-6,9-13,17-18H2,1-2H3,(H,45,46)(H,39,40,41)/t24-,26+/m1/s1. The number of amides is 1. The van der Waals surface area contributed by atoms with Crippen molar-refractivity contribution in [1.29, 1.82) is 5.26 Å². The number of alkyl halides is 3. The number of ether oxygens (including phenoxy) is 3. The Bertz CT molecular complexity index is 1730. The molecule has 5 rings (SSSR count). The van der Waals surface area contributed by atoms with Crippen LogP contribution in [0.25, 0.3) is 0 Å². The fraction of sp³-hybridized carbons (Fsp3) is 0.471. The molecule has 50 heavy (non-hydrogen) atoms. The van der Waals surface area contributed by atoms with Crippen LogP contribution in [0.3, 0.4) is 0 Å². The van der Waals surface area contributed by atoms with Gasteiger partial charge in [-0.25, -0.2) is 19.7 Å². The number of unbranched alkanes of at least 4 members (excludes halogenated alkanes) is 1. The number of nitrogens with one attached hydrogen (secondary N) is 1. The molecule has 0 unspecified atom stereocenters. The largest absolute Gasteiger partial charge is 0.481 e. The molecule has 1 amide bonds. The van der Waals surface area contributed by atoms with Gasteiger partial charge in [-0.15, -0.1) is 0 Å². The zero-order valence-electron chi connectivity index (χ0n) is 27.7. The number of benzene rings is 1. The number of methoxy groups -OCH3 is 1. The third kappa shape index (κ3) is 8.70. The molecule has 0 bridgehead atoms. The summed E-state index contributed by atoms with van der Waals surface area (Å²) in [5.41, 5.74) is 1.33. The number of hydrogen-bond donors (Lipinski definition) is 2. The monoisotopic (exact) mass is 697 g/mol. The van der Waals surface area contributed by atoms with Crippen LogP contribution in [0, 0.1) is 11.3 Å². The summed E-state index contributed by atoms with van der Waals surface area (Å²) >= 11 is 0. The average Bonchev–Trinajstić information content (AvgIpc) is 3.10. The molecule has 266 valence electrons. The summed E-state index contributed by atoms with van der Waals surface area (Å²) < 4.78 is 57.6. The van der Waals surface area contributed by atoms with E-state index >= 15 is 0 Å². The Hall–Kier alpha value is -5.17. The van der Waals surface area contributed by atoms with E-state index in [0.29, 0.717) is 80.6 Å². The van der Waals surface area contributed by atoms with E-state index in [0.717, 1.165) is 12.1 Å². The Morgan fingerprint density at radius 3 is 2.60 bits per heavy atom. The molecule has 2 atom stereocenters. The molecule has 1 aromatic carbocycles. The molecule has 4 heterocycles. The zero-order chi connectivity index (χ0) is 35.8. The van der Waals surface area contributed by atoms with Crippen molar-refractivity contribution in [1.82, 2.24) is 15.0 Å². The molecule has 2 N–H and O–H groups in total. The Labute approximate surface area is 287 Å². The highest BCUT2D eigenvalue weighted by molar-refractivity contribution is 5.90. The minimum Gasteiger partial charge on any atom is -0.481 e. The number of nitriles is 1. The van der Waals surface area contributed by atoms with Gasteiger partial charge in [-0.3, -0.25) is 9.69 Å². The van der Waals surface area contributed by atoms with Crippen LogP contribution in [0.1, 0.15) is 73.1 Å². The van der Waals surface area contributed by atoms with E-state index in [1.807, 2.05) is 17.9 Å². The van der Waals surface area contributed by atoms with Gasteiger partial charge >= 0.3 is 18.2 Å². The first-order valence-electron chi connectivity index (χ1n) is 16.3. The maximum absolute atomic E-state index is 13.7. The molecule has 0 spiro atoms. The maximum Gasteiger partial charge on any atom is 0.416 e. The first kappa shape index (κ1) is 36.1. The molecule has 2 aliphatic heterocycles. The Kier molecular flexibility index (Phi) is 11.6. The van der Waals surface area contributed by atoms with Crippen molar-refractivity contribution in [3.8, 4) is 11.9 Å². The van der Waals surface area contributed by atoms with Crippen LogP contribution in [-0.2, 0) is 26.9 Å². The number of anilines is 3. The van der Waals surface area contributed by atoms with Crippen molar-refractivity contribution in [3.63, 3.8) is 0 Å². The molecule has 0 radical (unpaired) electrons. The fourth-order valence-corrected chi connectivity index (χ4v) is 6.09. The summed E-state index contributed by atoms with van der Waals surface area (Å²) in [6.07, 6.45) is -1.87. The van der Waals surface area contributed by atoms with Crippen LogP contribution in [0.4, 0.5) is 35.3 Å². The number of carbonyl (C=O) groups is 2. The molecule has 2 aromatic heterocycles. The number of rotatable bonds is 12. The number of pyridine rings is 1. The second kappa shape index (κ2) is 16.0. The van der Waals surface area contributed by atoms with Crippen LogP contribution in [0.2, 0.25) is 0 Å². The lowest BCUT2D eigenvalue weighted by atomic mass is 9.93. The third-order valence-electron chi connectivity index (χ3n) is 8.55. The third-order valence-corrected chi connectivity index (χ3v) is 8.55. The lowest BCUT2D eigenvalue weighted by Gasteiger charge is -2.39. The van der Waals surface area contributed by atoms with E-state index in [2.05, 4.69) is 15.3 Å². The Morgan fingerprint density at radius 2 is 1.92 bits per heavy atom. The maximum atomic E-state index is 13.7. The van der Waals surface area contributed by atoms with E-state index < -0.39 is 29.8 Å². The molecule has 16 heteroatoms. The van der Waals surface area contributed by atoms with Crippen LogP contribution < -0.4 is 19.9 Å². The predicted octanol–water partition coefficient (Wildman–Crippen LogP) is 5.73. The smallest absolute Gasteiger partial charge is 0.416 e. The van der Waals surface area contributed by atoms with Crippen molar-refractivity contribution in [2.24, 2.45) is 0 Å². The molecular formula is C34H38F3N7O6. The number of carboxylic acid groups (broad SMARTS) is 1. The first-order valence-corrected chi connectivity index (χ1v) is 16.3. The molecule has 1 saturated heterocycles. The van der Waals surface area contributed by atoms with Crippen LogP contribution >= 0.6 is 0 Å². The summed E-state index contributed by atoms with van der Waals surface area (Å²) in [6.45, 7) is 4.01. The van der Waals surface area contributed by atoms with Gasteiger partial charge in [0.15, 0.2) is 0 Å². The molecule has 2 aliphatic rings. The second-order valence-corrected chi connectivity index (χ2v) is 11.9. The molecule has 1 fully saturated rings. The molecule has 0 saturated carbocycles. The van der Waals surface area contributed by atoms with Crippen LogP contribution in [-0.4, -0.2) is 78.2 Å². The minimum absolute atomic E-state index is 0.000511. The Balaban J connectivity index is 1.46. The summed E-state index contributed by atoms with van der Waals surface area (Å²) in [7, 11) is 1.48. The quantitative estimate of drug-likeness (QED) is 0.221. The Morgan fingerprint density at radius 1 is 1.14 bits per heavy atom. The van der Waals surface area contributed by atoms with E-state index in [1.54, 1.807) is 23.2 Å². The van der Waals surface area contributed by atoms with Gasteiger partial charge in [0.25, 0.3) is 0 Å². The predicted molar refractivity (Wildman–Crippen MR) is 175 cm³/mol. The van der Waals surface area contributed by atoms with Gasteiger partial charge in [0.2, 0.25) is 11.8 Å². The van der Waals surface area contributed by atoms with Crippen LogP contribution in [0.5, 0.6) is 5.88 Å². The number of morpholine rings is 1. The molecule has 13 nitrogen and oxygen atoms in total. The second-order valence-electron chi connectivity index (χ2n) is 11.9. The SMILES string of the molecule is CC[C@@H]1C[C@H](Nc2ncc(N3CCOCC3)c(Cc3cc(C#N)cc(C(F)(F)F)c3)n2)c2nc(OC)ccc2N1C(=O)OCCCCC(=O)O. The highest BCUT2D eigenvalue weighted by Crippen LogP contribution is 2.40. The van der Waals surface area contributed by atoms with E-state index in [9.17, 15) is 28.0 Å². The summed E-state index contributed by atoms with van der Waals surface area (Å²) in [6, 6.07) is 7.64. The van der Waals surface area contributed by atoms with Crippen LogP contribution in [0.15, 0.2) is 36.5 Å². The van der Waals surface area contributed by atoms with Crippen molar-refractivity contribution in [2.45, 2.75) is 63.7 Å². The van der Waals surface area contributed by atoms with Gasteiger partial charge < -0.3 is 29.5 Å². The highest BCUT2D eigenvalue weighted by atomic mass is 19.4. The summed E-state index contributed by atoms with van der Waals surface area (Å²) in [5, 5.41) is 21.7.